The summed E-state index contributed by atoms with van der Waals surface area (Å²) >= 11 is 6.33. The van der Waals surface area contributed by atoms with Crippen molar-refractivity contribution in [1.29, 1.82) is 0 Å². The van der Waals surface area contributed by atoms with Gasteiger partial charge in [0.05, 0.1) is 24.0 Å². The van der Waals surface area contributed by atoms with E-state index in [1.165, 1.54) is 0 Å². The van der Waals surface area contributed by atoms with Gasteiger partial charge in [-0.3, -0.25) is 9.69 Å². The van der Waals surface area contributed by atoms with Crippen LogP contribution in [0.1, 0.15) is 25.8 Å². The number of aliphatic carboxylic acids is 1. The quantitative estimate of drug-likeness (QED) is 0.568. The zero-order valence-electron chi connectivity index (χ0n) is 13.6. The van der Waals surface area contributed by atoms with E-state index in [-0.39, 0.29) is 10.2 Å². The van der Waals surface area contributed by atoms with Crippen LogP contribution in [0.5, 0.6) is 5.75 Å². The van der Waals surface area contributed by atoms with Crippen LogP contribution >= 0.6 is 24.0 Å². The monoisotopic (exact) mass is 364 g/mol. The summed E-state index contributed by atoms with van der Waals surface area (Å²) in [4.78, 5) is 25.8. The van der Waals surface area contributed by atoms with E-state index in [1.807, 2.05) is 25.1 Å². The van der Waals surface area contributed by atoms with E-state index in [0.717, 1.165) is 22.2 Å². The molecule has 0 bridgehead atoms. The highest BCUT2D eigenvalue weighted by Gasteiger charge is 2.39. The number of hydrogen-bond donors (Lipinski definition) is 0. The Morgan fingerprint density at radius 1 is 1.46 bits per heavy atom. The van der Waals surface area contributed by atoms with Crippen molar-refractivity contribution in [2.45, 2.75) is 26.3 Å². The summed E-state index contributed by atoms with van der Waals surface area (Å²) in [6, 6.07) is 6.20. The van der Waals surface area contributed by atoms with Gasteiger partial charge in [0.25, 0.3) is 5.91 Å². The number of benzene rings is 1. The standard InChI is InChI=1S/C17H19NO4S2/c1-4-10(2)14(16(20)21)18-15(19)13(24-17(18)23)9-11-7-5-6-8-12(11)22-3/h5-10,14H,4H2,1-3H3,(H,20,21)/p-1/b13-9-/t10-,14+/m1/s1. The predicted octanol–water partition coefficient (Wildman–Crippen LogP) is 2.06. The molecular formula is C17H18NO4S2-. The van der Waals surface area contributed by atoms with Gasteiger partial charge in [-0.15, -0.1) is 0 Å². The third kappa shape index (κ3) is 3.62. The van der Waals surface area contributed by atoms with Crippen molar-refractivity contribution in [2.24, 2.45) is 5.92 Å². The Labute approximate surface area is 150 Å². The molecule has 0 aliphatic carbocycles. The number of carboxylic acids is 1. The van der Waals surface area contributed by atoms with Crippen LogP contribution < -0.4 is 9.84 Å². The Morgan fingerprint density at radius 3 is 2.71 bits per heavy atom. The molecule has 1 fully saturated rings. The number of rotatable bonds is 6. The molecule has 1 aromatic carbocycles. The van der Waals surface area contributed by atoms with Crippen LogP contribution in [0, 0.1) is 5.92 Å². The molecule has 2 atom stereocenters. The van der Waals surface area contributed by atoms with Gasteiger partial charge in [0.1, 0.15) is 10.1 Å². The number of methoxy groups -OCH3 is 1. The smallest absolute Gasteiger partial charge is 0.266 e. The maximum Gasteiger partial charge on any atom is 0.266 e. The van der Waals surface area contributed by atoms with Crippen molar-refractivity contribution in [2.75, 3.05) is 7.11 Å². The number of amides is 1. The fourth-order valence-electron chi connectivity index (χ4n) is 2.46. The fourth-order valence-corrected chi connectivity index (χ4v) is 3.78. The molecule has 5 nitrogen and oxygen atoms in total. The Hall–Kier alpha value is -1.86. The van der Waals surface area contributed by atoms with E-state index < -0.39 is 17.9 Å². The summed E-state index contributed by atoms with van der Waals surface area (Å²) in [7, 11) is 1.55. The fraction of sp³-hybridized carbons (Fsp3) is 0.353. The van der Waals surface area contributed by atoms with Crippen molar-refractivity contribution in [1.82, 2.24) is 4.90 Å². The SMILES string of the molecule is CC[C@@H](C)[C@@H](C(=O)[O-])N1C(=O)/C(=C/c2ccccc2OC)SC1=S. The number of para-hydroxylation sites is 1. The lowest BCUT2D eigenvalue weighted by Crippen LogP contribution is -2.53. The zero-order chi connectivity index (χ0) is 17.9. The Bertz CT molecular complexity index is 702. The molecule has 24 heavy (non-hydrogen) atoms. The lowest BCUT2D eigenvalue weighted by atomic mass is 9.98. The summed E-state index contributed by atoms with van der Waals surface area (Å²) in [6.07, 6.45) is 2.27. The Balaban J connectivity index is 2.38. The van der Waals surface area contributed by atoms with Gasteiger partial charge in [-0.2, -0.15) is 0 Å². The lowest BCUT2D eigenvalue weighted by Gasteiger charge is -2.32. The highest BCUT2D eigenvalue weighted by atomic mass is 32.2. The van der Waals surface area contributed by atoms with Crippen molar-refractivity contribution in [3.05, 3.63) is 34.7 Å². The van der Waals surface area contributed by atoms with E-state index in [1.54, 1.807) is 26.2 Å². The number of carbonyl (C=O) groups excluding carboxylic acids is 2. The minimum absolute atomic E-state index is 0.232. The second kappa shape index (κ2) is 7.81. The largest absolute Gasteiger partial charge is 0.548 e. The molecule has 0 saturated carbocycles. The number of ether oxygens (including phenoxy) is 1. The molecule has 1 aromatic rings. The second-order valence-corrected chi connectivity index (χ2v) is 7.12. The van der Waals surface area contributed by atoms with Crippen molar-refractivity contribution >= 4 is 46.3 Å². The Morgan fingerprint density at radius 2 is 2.12 bits per heavy atom. The van der Waals surface area contributed by atoms with Gasteiger partial charge in [0, 0.05) is 5.56 Å². The molecule has 0 N–H and O–H groups in total. The van der Waals surface area contributed by atoms with Crippen molar-refractivity contribution < 1.29 is 19.4 Å². The van der Waals surface area contributed by atoms with Gasteiger partial charge in [-0.25, -0.2) is 0 Å². The van der Waals surface area contributed by atoms with E-state index >= 15 is 0 Å². The molecule has 128 valence electrons. The maximum atomic E-state index is 12.7. The van der Waals surface area contributed by atoms with E-state index in [9.17, 15) is 14.7 Å². The first kappa shape index (κ1) is 18.5. The van der Waals surface area contributed by atoms with Gasteiger partial charge in [-0.1, -0.05) is 62.4 Å². The minimum Gasteiger partial charge on any atom is -0.548 e. The number of thiocarbonyl (C=S) groups is 1. The number of thioether (sulfide) groups is 1. The second-order valence-electron chi connectivity index (χ2n) is 5.44. The number of carbonyl (C=O) groups is 2. The summed E-state index contributed by atoms with van der Waals surface area (Å²) in [5, 5.41) is 11.5. The predicted molar refractivity (Wildman–Crippen MR) is 96.3 cm³/mol. The van der Waals surface area contributed by atoms with Crippen molar-refractivity contribution in [3.8, 4) is 5.75 Å². The number of nitrogens with zero attached hydrogens (tertiary/aromatic N) is 1. The number of carboxylic acid groups (broad SMARTS) is 1. The summed E-state index contributed by atoms with van der Waals surface area (Å²) in [5.74, 6) is -1.34. The first-order valence-electron chi connectivity index (χ1n) is 7.51. The van der Waals surface area contributed by atoms with Gasteiger partial charge < -0.3 is 14.6 Å². The molecule has 0 radical (unpaired) electrons. The zero-order valence-corrected chi connectivity index (χ0v) is 15.3. The summed E-state index contributed by atoms with van der Waals surface area (Å²) in [5.41, 5.74) is 0.731. The molecule has 1 saturated heterocycles. The van der Waals surface area contributed by atoms with Gasteiger partial charge >= 0.3 is 0 Å². The molecule has 1 heterocycles. The first-order valence-corrected chi connectivity index (χ1v) is 8.74. The van der Waals surface area contributed by atoms with Crippen LogP contribution in [0.15, 0.2) is 29.2 Å². The highest BCUT2D eigenvalue weighted by Crippen LogP contribution is 2.36. The third-order valence-corrected chi connectivity index (χ3v) is 5.28. The van der Waals surface area contributed by atoms with Gasteiger partial charge in [-0.05, 0) is 18.1 Å². The van der Waals surface area contributed by atoms with E-state index in [4.69, 9.17) is 17.0 Å². The first-order chi connectivity index (χ1) is 11.4. The molecular weight excluding hydrogens is 346 g/mol. The van der Waals surface area contributed by atoms with Gasteiger partial charge in [0.2, 0.25) is 0 Å². The van der Waals surface area contributed by atoms with Crippen LogP contribution in [0.2, 0.25) is 0 Å². The third-order valence-electron chi connectivity index (χ3n) is 3.95. The number of hydrogen-bond acceptors (Lipinski definition) is 6. The molecule has 0 unspecified atom stereocenters. The van der Waals surface area contributed by atoms with Crippen LogP contribution in [-0.2, 0) is 9.59 Å². The minimum atomic E-state index is -1.29. The van der Waals surface area contributed by atoms with Crippen LogP contribution in [0.25, 0.3) is 6.08 Å². The van der Waals surface area contributed by atoms with E-state index in [0.29, 0.717) is 17.1 Å². The Kier molecular flexibility index (Phi) is 6.01. The summed E-state index contributed by atoms with van der Waals surface area (Å²) < 4.78 is 5.50. The lowest BCUT2D eigenvalue weighted by molar-refractivity contribution is -0.311. The van der Waals surface area contributed by atoms with Crippen LogP contribution in [0.4, 0.5) is 0 Å². The molecule has 7 heteroatoms. The summed E-state index contributed by atoms with van der Waals surface area (Å²) in [6.45, 7) is 3.63. The molecule has 0 spiro atoms. The highest BCUT2D eigenvalue weighted by molar-refractivity contribution is 8.26. The molecule has 1 amide bonds. The molecule has 0 aromatic heterocycles. The van der Waals surface area contributed by atoms with Crippen molar-refractivity contribution in [3.63, 3.8) is 0 Å². The van der Waals surface area contributed by atoms with Crippen LogP contribution in [0.3, 0.4) is 0 Å². The van der Waals surface area contributed by atoms with Crippen LogP contribution in [-0.4, -0.2) is 34.2 Å². The van der Waals surface area contributed by atoms with Gasteiger partial charge in [0.15, 0.2) is 0 Å². The maximum absolute atomic E-state index is 12.7. The molecule has 1 aliphatic rings. The van der Waals surface area contributed by atoms with E-state index in [2.05, 4.69) is 0 Å². The molecule has 1 aliphatic heterocycles. The molecule has 2 rings (SSSR count). The average Bonchev–Trinajstić information content (AvgIpc) is 2.83. The topological polar surface area (TPSA) is 69.7 Å². The normalized spacial score (nSPS) is 18.8. The average molecular weight is 364 g/mol.